The van der Waals surface area contributed by atoms with Crippen molar-refractivity contribution < 1.29 is 18.0 Å². The molecule has 4 rings (SSSR count). The summed E-state index contributed by atoms with van der Waals surface area (Å²) in [5.74, 6) is -0.466. The van der Waals surface area contributed by atoms with Crippen LogP contribution in [0.2, 0.25) is 0 Å². The molecule has 7 nitrogen and oxygen atoms in total. The number of benzene rings is 2. The van der Waals surface area contributed by atoms with Gasteiger partial charge < -0.3 is 10.2 Å². The summed E-state index contributed by atoms with van der Waals surface area (Å²) in [7, 11) is -3.52. The number of hydrogen-bond donors (Lipinski definition) is 1. The zero-order valence-electron chi connectivity index (χ0n) is 17.4. The van der Waals surface area contributed by atoms with Gasteiger partial charge in [-0.05, 0) is 68.5 Å². The van der Waals surface area contributed by atoms with Crippen molar-refractivity contribution in [2.45, 2.75) is 37.0 Å². The molecule has 0 unspecified atom stereocenters. The Morgan fingerprint density at radius 3 is 2.06 bits per heavy atom. The standard InChI is InChI=1S/C23H27N3O4S/c27-22(18-10-12-19(13-11-18)31(29,30)26-16-6-7-17-26)24-21-9-3-2-8-20(21)23(28)25-14-4-1-5-15-25/h2-3,8-13H,1,4-7,14-17H2,(H,24,27). The van der Waals surface area contributed by atoms with Gasteiger partial charge in [-0.15, -0.1) is 0 Å². The second-order valence-electron chi connectivity index (χ2n) is 7.99. The van der Waals surface area contributed by atoms with Crippen LogP contribution in [0.15, 0.2) is 53.4 Å². The minimum atomic E-state index is -3.52. The molecule has 2 saturated heterocycles. The van der Waals surface area contributed by atoms with Crippen LogP contribution in [-0.2, 0) is 10.0 Å². The normalized spacial score (nSPS) is 17.5. The minimum absolute atomic E-state index is 0.0809. The predicted octanol–water partition coefficient (Wildman–Crippen LogP) is 3.35. The van der Waals surface area contributed by atoms with Crippen molar-refractivity contribution in [2.75, 3.05) is 31.5 Å². The fourth-order valence-electron chi connectivity index (χ4n) is 4.10. The van der Waals surface area contributed by atoms with Crippen molar-refractivity contribution in [2.24, 2.45) is 0 Å². The second kappa shape index (κ2) is 9.20. The maximum Gasteiger partial charge on any atom is 0.255 e. The molecule has 0 spiro atoms. The molecule has 0 aliphatic carbocycles. The number of carbonyl (C=O) groups is 2. The first-order valence-electron chi connectivity index (χ1n) is 10.8. The van der Waals surface area contributed by atoms with Crippen LogP contribution in [0.5, 0.6) is 0 Å². The largest absolute Gasteiger partial charge is 0.339 e. The topological polar surface area (TPSA) is 86.8 Å². The Balaban J connectivity index is 1.49. The first-order valence-corrected chi connectivity index (χ1v) is 12.2. The van der Waals surface area contributed by atoms with Crippen LogP contribution in [0.4, 0.5) is 5.69 Å². The zero-order valence-corrected chi connectivity index (χ0v) is 18.2. The quantitative estimate of drug-likeness (QED) is 0.771. The molecule has 8 heteroatoms. The molecule has 2 fully saturated rings. The molecule has 164 valence electrons. The lowest BCUT2D eigenvalue weighted by atomic mass is 10.1. The molecule has 2 aliphatic rings. The lowest BCUT2D eigenvalue weighted by Gasteiger charge is -2.27. The van der Waals surface area contributed by atoms with E-state index < -0.39 is 10.0 Å². The Morgan fingerprint density at radius 2 is 1.39 bits per heavy atom. The molecule has 31 heavy (non-hydrogen) atoms. The lowest BCUT2D eigenvalue weighted by Crippen LogP contribution is -2.36. The van der Waals surface area contributed by atoms with Crippen LogP contribution < -0.4 is 5.32 Å². The highest BCUT2D eigenvalue weighted by Gasteiger charge is 2.27. The number of nitrogens with zero attached hydrogens (tertiary/aromatic N) is 2. The third kappa shape index (κ3) is 4.65. The molecule has 2 aromatic carbocycles. The summed E-state index contributed by atoms with van der Waals surface area (Å²) < 4.78 is 26.8. The number of likely N-dealkylation sites (tertiary alicyclic amines) is 1. The van der Waals surface area contributed by atoms with E-state index in [9.17, 15) is 18.0 Å². The fourth-order valence-corrected chi connectivity index (χ4v) is 5.61. The summed E-state index contributed by atoms with van der Waals surface area (Å²) in [6.45, 7) is 2.53. The van der Waals surface area contributed by atoms with E-state index in [1.54, 1.807) is 24.3 Å². The smallest absolute Gasteiger partial charge is 0.255 e. The average molecular weight is 442 g/mol. The van der Waals surface area contributed by atoms with E-state index in [1.165, 1.54) is 28.6 Å². The molecule has 2 amide bonds. The van der Waals surface area contributed by atoms with Crippen molar-refractivity contribution >= 4 is 27.5 Å². The number of anilines is 1. The van der Waals surface area contributed by atoms with Crippen LogP contribution in [0.25, 0.3) is 0 Å². The number of sulfonamides is 1. The number of para-hydroxylation sites is 1. The Labute approximate surface area is 183 Å². The maximum atomic E-state index is 12.9. The highest BCUT2D eigenvalue weighted by atomic mass is 32.2. The highest BCUT2D eigenvalue weighted by Crippen LogP contribution is 2.23. The van der Waals surface area contributed by atoms with Crippen LogP contribution in [0, 0.1) is 0 Å². The van der Waals surface area contributed by atoms with Gasteiger partial charge in [-0.1, -0.05) is 12.1 Å². The van der Waals surface area contributed by atoms with Gasteiger partial charge in [0.1, 0.15) is 0 Å². The number of hydrogen-bond acceptors (Lipinski definition) is 4. The van der Waals surface area contributed by atoms with E-state index >= 15 is 0 Å². The van der Waals surface area contributed by atoms with Crippen LogP contribution in [-0.4, -0.2) is 55.6 Å². The maximum absolute atomic E-state index is 12.9. The van der Waals surface area contributed by atoms with Crippen LogP contribution in [0.1, 0.15) is 52.8 Å². The van der Waals surface area contributed by atoms with Gasteiger partial charge in [0.15, 0.2) is 0 Å². The van der Waals surface area contributed by atoms with Gasteiger partial charge >= 0.3 is 0 Å². The zero-order chi connectivity index (χ0) is 21.8. The number of nitrogens with one attached hydrogen (secondary N) is 1. The molecule has 0 bridgehead atoms. The molecule has 1 N–H and O–H groups in total. The van der Waals surface area contributed by atoms with E-state index in [2.05, 4.69) is 5.32 Å². The number of rotatable bonds is 5. The fraction of sp³-hybridized carbons (Fsp3) is 0.391. The van der Waals surface area contributed by atoms with Gasteiger partial charge in [0.05, 0.1) is 16.1 Å². The van der Waals surface area contributed by atoms with Crippen molar-refractivity contribution in [3.8, 4) is 0 Å². The third-order valence-corrected chi connectivity index (χ3v) is 7.78. The molecular formula is C23H27N3O4S. The minimum Gasteiger partial charge on any atom is -0.339 e. The highest BCUT2D eigenvalue weighted by molar-refractivity contribution is 7.89. The number of amides is 2. The van der Waals surface area contributed by atoms with Gasteiger partial charge in [-0.25, -0.2) is 8.42 Å². The van der Waals surface area contributed by atoms with Gasteiger partial charge in [-0.2, -0.15) is 4.31 Å². The lowest BCUT2D eigenvalue weighted by molar-refractivity contribution is 0.0725. The summed E-state index contributed by atoms with van der Waals surface area (Å²) in [5.41, 5.74) is 1.25. The summed E-state index contributed by atoms with van der Waals surface area (Å²) in [6, 6.07) is 12.9. The first-order chi connectivity index (χ1) is 15.0. The summed E-state index contributed by atoms with van der Waals surface area (Å²) in [5, 5.41) is 2.81. The molecule has 2 heterocycles. The van der Waals surface area contributed by atoms with E-state index in [4.69, 9.17) is 0 Å². The van der Waals surface area contributed by atoms with Crippen molar-refractivity contribution in [1.82, 2.24) is 9.21 Å². The molecule has 0 atom stereocenters. The van der Waals surface area contributed by atoms with E-state index in [-0.39, 0.29) is 16.7 Å². The van der Waals surface area contributed by atoms with Gasteiger partial charge in [0.2, 0.25) is 10.0 Å². The van der Waals surface area contributed by atoms with Gasteiger partial charge in [0.25, 0.3) is 11.8 Å². The average Bonchev–Trinajstić information content (AvgIpc) is 3.36. The summed E-state index contributed by atoms with van der Waals surface area (Å²) >= 11 is 0. The van der Waals surface area contributed by atoms with Gasteiger partial charge in [0, 0.05) is 31.7 Å². The van der Waals surface area contributed by atoms with Crippen molar-refractivity contribution in [3.05, 3.63) is 59.7 Å². The molecule has 2 aromatic rings. The summed E-state index contributed by atoms with van der Waals surface area (Å²) in [4.78, 5) is 27.7. The molecule has 0 radical (unpaired) electrons. The van der Waals surface area contributed by atoms with Gasteiger partial charge in [-0.3, -0.25) is 9.59 Å². The van der Waals surface area contributed by atoms with Crippen LogP contribution >= 0.6 is 0 Å². The van der Waals surface area contributed by atoms with E-state index in [1.807, 2.05) is 4.90 Å². The Kier molecular flexibility index (Phi) is 6.38. The van der Waals surface area contributed by atoms with E-state index in [0.717, 1.165) is 45.2 Å². The summed E-state index contributed by atoms with van der Waals surface area (Å²) in [6.07, 6.45) is 4.86. The Hall–Kier alpha value is -2.71. The van der Waals surface area contributed by atoms with E-state index in [0.29, 0.717) is 29.9 Å². The Morgan fingerprint density at radius 1 is 0.774 bits per heavy atom. The van der Waals surface area contributed by atoms with Crippen LogP contribution in [0.3, 0.4) is 0 Å². The predicted molar refractivity (Wildman–Crippen MR) is 119 cm³/mol. The number of piperidine rings is 1. The van der Waals surface area contributed by atoms with Crippen molar-refractivity contribution in [3.63, 3.8) is 0 Å². The number of carbonyl (C=O) groups excluding carboxylic acids is 2. The second-order valence-corrected chi connectivity index (χ2v) is 9.93. The molecular weight excluding hydrogens is 414 g/mol. The Bertz CT molecular complexity index is 1050. The first kappa shape index (κ1) is 21.5. The SMILES string of the molecule is O=C(Nc1ccccc1C(=O)N1CCCCC1)c1ccc(S(=O)(=O)N2CCCC2)cc1. The molecule has 0 saturated carbocycles. The van der Waals surface area contributed by atoms with Crippen molar-refractivity contribution in [1.29, 1.82) is 0 Å². The molecule has 0 aromatic heterocycles. The third-order valence-electron chi connectivity index (χ3n) is 5.87. The molecule has 2 aliphatic heterocycles. The monoisotopic (exact) mass is 441 g/mol.